The number of fused-ring (bicyclic) bond motifs is 2. The number of Topliss-reactive ketones (excluding diaryl/α,β-unsaturated/α-hetero) is 1. The van der Waals surface area contributed by atoms with Crippen LogP contribution >= 0.6 is 15.9 Å². The van der Waals surface area contributed by atoms with Crippen LogP contribution in [0.5, 0.6) is 0 Å². The zero-order valence-corrected chi connectivity index (χ0v) is 22.2. The Balaban J connectivity index is 1.30. The van der Waals surface area contributed by atoms with Gasteiger partial charge in [0.15, 0.2) is 0 Å². The first-order valence-electron chi connectivity index (χ1n) is 12.8. The van der Waals surface area contributed by atoms with Crippen molar-refractivity contribution >= 4 is 27.7 Å². The summed E-state index contributed by atoms with van der Waals surface area (Å²) in [5.41, 5.74) is 0.426. The van der Waals surface area contributed by atoms with Crippen LogP contribution in [0, 0.1) is 0 Å². The molecule has 1 aromatic carbocycles. The molecule has 0 radical (unpaired) electrons. The molecule has 3 fully saturated rings. The number of hydrogen-bond acceptors (Lipinski definition) is 9. The molecule has 0 amide bonds. The number of benzene rings is 1. The van der Waals surface area contributed by atoms with Gasteiger partial charge in [0.1, 0.15) is 42.4 Å². The van der Waals surface area contributed by atoms with E-state index >= 15 is 0 Å². The lowest BCUT2D eigenvalue weighted by atomic mass is 9.88. The molecule has 37 heavy (non-hydrogen) atoms. The van der Waals surface area contributed by atoms with Crippen LogP contribution in [0.4, 0.5) is 0 Å². The molecule has 0 aliphatic carbocycles. The van der Waals surface area contributed by atoms with Crippen LogP contribution in [0.2, 0.25) is 0 Å². The summed E-state index contributed by atoms with van der Waals surface area (Å²) in [7, 11) is 0. The number of aliphatic hydroxyl groups is 3. The molecule has 10 heteroatoms. The highest BCUT2D eigenvalue weighted by molar-refractivity contribution is 9.11. The molecule has 9 nitrogen and oxygen atoms in total. The van der Waals surface area contributed by atoms with Gasteiger partial charge in [-0.1, -0.05) is 40.7 Å². The predicted molar refractivity (Wildman–Crippen MR) is 136 cm³/mol. The van der Waals surface area contributed by atoms with Crippen LogP contribution in [0.1, 0.15) is 55.3 Å². The molecule has 0 unspecified atom stereocenters. The smallest absolute Gasteiger partial charge is 0.338 e. The summed E-state index contributed by atoms with van der Waals surface area (Å²) < 4.78 is 24.2. The van der Waals surface area contributed by atoms with E-state index in [2.05, 4.69) is 22.5 Å². The van der Waals surface area contributed by atoms with Crippen molar-refractivity contribution in [3.05, 3.63) is 47.0 Å². The lowest BCUT2D eigenvalue weighted by molar-refractivity contribution is -0.260. The highest BCUT2D eigenvalue weighted by Crippen LogP contribution is 2.40. The molecule has 0 spiro atoms. The van der Waals surface area contributed by atoms with Gasteiger partial charge in [0.25, 0.3) is 0 Å². The summed E-state index contributed by atoms with van der Waals surface area (Å²) in [6, 6.07) is 8.63. The monoisotopic (exact) mass is 582 g/mol. The van der Waals surface area contributed by atoms with Crippen molar-refractivity contribution in [3.63, 3.8) is 0 Å². The maximum Gasteiger partial charge on any atom is 0.338 e. The summed E-state index contributed by atoms with van der Waals surface area (Å²) in [6.45, 7) is 3.82. The van der Waals surface area contributed by atoms with Gasteiger partial charge in [-0.3, -0.25) is 4.79 Å². The molecule has 3 heterocycles. The number of aliphatic hydroxyl groups excluding tert-OH is 3. The molecule has 0 aromatic heterocycles. The van der Waals surface area contributed by atoms with Crippen LogP contribution < -0.4 is 0 Å². The van der Waals surface area contributed by atoms with Crippen molar-refractivity contribution < 1.29 is 43.9 Å². The standard InChI is InChI=1S/C27H35BrO9/c1-15(28)13-19(35-27(33)16-5-3-2-4-6-16)8-7-17(30)14-21-22(31)25-26(37-21)23(32)24-20(36-25)10-9-18(34-24)11-12-29/h2-6,18-26,29,31-32H,1,7-14H2/t18-,19+,20+,21-,22+,23+,24+,25+,26+/m1/s1. The van der Waals surface area contributed by atoms with Crippen molar-refractivity contribution in [1.82, 2.24) is 0 Å². The van der Waals surface area contributed by atoms with Crippen molar-refractivity contribution in [2.75, 3.05) is 6.61 Å². The van der Waals surface area contributed by atoms with Gasteiger partial charge in [-0.15, -0.1) is 0 Å². The second kappa shape index (κ2) is 12.9. The first-order chi connectivity index (χ1) is 17.8. The number of ketones is 1. The molecular formula is C27H35BrO9. The molecule has 3 aliphatic heterocycles. The van der Waals surface area contributed by atoms with Crippen molar-refractivity contribution in [2.24, 2.45) is 0 Å². The Hall–Kier alpha value is -1.66. The molecule has 0 saturated carbocycles. The fourth-order valence-electron chi connectivity index (χ4n) is 5.34. The minimum Gasteiger partial charge on any atom is -0.458 e. The van der Waals surface area contributed by atoms with Gasteiger partial charge in [0.05, 0.1) is 23.9 Å². The number of esters is 1. The van der Waals surface area contributed by atoms with Crippen molar-refractivity contribution in [2.45, 2.75) is 99.9 Å². The van der Waals surface area contributed by atoms with Crippen LogP contribution in [0.25, 0.3) is 0 Å². The van der Waals surface area contributed by atoms with Gasteiger partial charge in [0, 0.05) is 25.9 Å². The summed E-state index contributed by atoms with van der Waals surface area (Å²) in [5, 5.41) is 31.0. The fraction of sp³-hybridized carbons (Fsp3) is 0.630. The summed E-state index contributed by atoms with van der Waals surface area (Å²) >= 11 is 3.30. The van der Waals surface area contributed by atoms with E-state index in [9.17, 15) is 24.9 Å². The van der Waals surface area contributed by atoms with E-state index in [1.165, 1.54) is 0 Å². The minimum atomic E-state index is -1.06. The van der Waals surface area contributed by atoms with Gasteiger partial charge < -0.3 is 34.3 Å². The Morgan fingerprint density at radius 2 is 1.78 bits per heavy atom. The third kappa shape index (κ3) is 7.06. The Morgan fingerprint density at radius 1 is 1.05 bits per heavy atom. The first kappa shape index (κ1) is 28.4. The maximum atomic E-state index is 12.8. The average molecular weight is 583 g/mol. The Labute approximate surface area is 224 Å². The second-order valence-electron chi connectivity index (χ2n) is 9.97. The summed E-state index contributed by atoms with van der Waals surface area (Å²) in [4.78, 5) is 25.3. The molecule has 9 atom stereocenters. The van der Waals surface area contributed by atoms with E-state index in [0.717, 1.165) is 0 Å². The lowest BCUT2D eigenvalue weighted by Crippen LogP contribution is -2.61. The fourth-order valence-corrected chi connectivity index (χ4v) is 5.70. The Bertz CT molecular complexity index is 941. The average Bonchev–Trinajstić information content (AvgIpc) is 3.18. The van der Waals surface area contributed by atoms with Crippen LogP contribution in [-0.2, 0) is 23.7 Å². The van der Waals surface area contributed by atoms with Crippen molar-refractivity contribution in [3.8, 4) is 0 Å². The van der Waals surface area contributed by atoms with E-state index in [-0.39, 0.29) is 37.4 Å². The predicted octanol–water partition coefficient (Wildman–Crippen LogP) is 2.44. The van der Waals surface area contributed by atoms with Gasteiger partial charge in [-0.05, 0) is 42.3 Å². The lowest BCUT2D eigenvalue weighted by Gasteiger charge is -2.46. The Morgan fingerprint density at radius 3 is 2.49 bits per heavy atom. The van der Waals surface area contributed by atoms with E-state index in [1.54, 1.807) is 24.3 Å². The largest absolute Gasteiger partial charge is 0.458 e. The number of halogens is 1. The Kier molecular flexibility index (Phi) is 9.90. The summed E-state index contributed by atoms with van der Waals surface area (Å²) in [6.07, 6.45) is -3.59. The zero-order valence-electron chi connectivity index (χ0n) is 20.6. The summed E-state index contributed by atoms with van der Waals surface area (Å²) in [5.74, 6) is -0.628. The third-order valence-electron chi connectivity index (χ3n) is 7.22. The number of hydrogen-bond donors (Lipinski definition) is 3. The second-order valence-corrected chi connectivity index (χ2v) is 11.1. The number of carbonyl (C=O) groups excluding carboxylic acids is 2. The normalized spacial score (nSPS) is 33.7. The highest BCUT2D eigenvalue weighted by atomic mass is 79.9. The topological polar surface area (TPSA) is 132 Å². The van der Waals surface area contributed by atoms with Gasteiger partial charge in [0.2, 0.25) is 0 Å². The van der Waals surface area contributed by atoms with Crippen molar-refractivity contribution in [1.29, 1.82) is 0 Å². The number of rotatable bonds is 11. The molecule has 1 aromatic rings. The molecular weight excluding hydrogens is 548 g/mol. The van der Waals surface area contributed by atoms with Gasteiger partial charge >= 0.3 is 5.97 Å². The van der Waals surface area contributed by atoms with E-state index < -0.39 is 48.7 Å². The van der Waals surface area contributed by atoms with Gasteiger partial charge in [-0.2, -0.15) is 0 Å². The van der Waals surface area contributed by atoms with Crippen LogP contribution in [-0.4, -0.2) is 88.6 Å². The van der Waals surface area contributed by atoms with E-state index in [0.29, 0.717) is 42.1 Å². The molecule has 3 aliphatic rings. The molecule has 4 rings (SSSR count). The SMILES string of the molecule is C=C(Br)C[C@H](CCC(=O)C[C@H]1O[C@H]2[C@@H](O)[C@H]3O[C@@H](CCO)CC[C@@H]3O[C@H]2[C@H]1O)OC(=O)c1ccccc1. The third-order valence-corrected chi connectivity index (χ3v) is 7.55. The van der Waals surface area contributed by atoms with E-state index in [4.69, 9.17) is 18.9 Å². The number of carbonyl (C=O) groups is 2. The maximum absolute atomic E-state index is 12.8. The quantitative estimate of drug-likeness (QED) is 0.336. The number of ether oxygens (including phenoxy) is 4. The molecule has 0 bridgehead atoms. The van der Waals surface area contributed by atoms with Crippen LogP contribution in [0.3, 0.4) is 0 Å². The molecule has 3 saturated heterocycles. The van der Waals surface area contributed by atoms with Crippen LogP contribution in [0.15, 0.2) is 41.4 Å². The molecule has 3 N–H and O–H groups in total. The molecule has 204 valence electrons. The first-order valence-corrected chi connectivity index (χ1v) is 13.6. The van der Waals surface area contributed by atoms with Gasteiger partial charge in [-0.25, -0.2) is 4.79 Å². The minimum absolute atomic E-state index is 0.000520. The zero-order chi connectivity index (χ0) is 26.5. The van der Waals surface area contributed by atoms with E-state index in [1.807, 2.05) is 6.07 Å². The highest BCUT2D eigenvalue weighted by Gasteiger charge is 2.56.